The van der Waals surface area contributed by atoms with E-state index in [2.05, 4.69) is 28.4 Å². The zero-order chi connectivity index (χ0) is 15.1. The second kappa shape index (κ2) is 7.67. The smallest absolute Gasteiger partial charge is 0.224 e. The number of carbonyl (C=O) groups excluding carboxylic acids is 1. The monoisotopic (exact) mass is 313 g/mol. The average Bonchev–Trinajstić information content (AvgIpc) is 2.42. The van der Waals surface area contributed by atoms with Gasteiger partial charge in [-0.15, -0.1) is 0 Å². The van der Waals surface area contributed by atoms with Gasteiger partial charge in [0.1, 0.15) is 0 Å². The van der Waals surface area contributed by atoms with E-state index in [9.17, 15) is 4.79 Å². The molecule has 0 saturated heterocycles. The molecule has 0 bridgehead atoms. The van der Waals surface area contributed by atoms with Gasteiger partial charge in [-0.25, -0.2) is 4.98 Å². The van der Waals surface area contributed by atoms with E-state index in [0.29, 0.717) is 11.6 Å². The zero-order valence-corrected chi connectivity index (χ0v) is 12.3. The lowest BCUT2D eigenvalue weighted by Crippen LogP contribution is -2.15. The van der Waals surface area contributed by atoms with Crippen molar-refractivity contribution in [3.05, 3.63) is 47.4 Å². The van der Waals surface area contributed by atoms with Crippen LogP contribution in [0, 0.1) is 0 Å². The molecule has 0 spiro atoms. The van der Waals surface area contributed by atoms with Crippen LogP contribution in [-0.4, -0.2) is 29.4 Å². The number of anilines is 1. The highest BCUT2D eigenvalue weighted by molar-refractivity contribution is 6.35. The van der Waals surface area contributed by atoms with Crippen molar-refractivity contribution >= 4 is 34.8 Å². The Morgan fingerprint density at radius 2 is 2.30 bits per heavy atom. The number of Topliss-reactive ketones (excluding diaryl/α,β-unsaturated/α-hetero) is 1. The van der Waals surface area contributed by atoms with Gasteiger partial charge in [0.2, 0.25) is 11.1 Å². The van der Waals surface area contributed by atoms with Gasteiger partial charge in [0, 0.05) is 17.7 Å². The third kappa shape index (κ3) is 4.36. The molecule has 20 heavy (non-hydrogen) atoms. The van der Waals surface area contributed by atoms with E-state index in [1.165, 1.54) is 18.3 Å². The molecule has 1 rings (SSSR count). The second-order valence-corrected chi connectivity index (χ2v) is 4.33. The quantitative estimate of drug-likeness (QED) is 0.476. The van der Waals surface area contributed by atoms with Gasteiger partial charge in [-0.2, -0.15) is 4.98 Å². The van der Waals surface area contributed by atoms with Gasteiger partial charge in [0.05, 0.1) is 6.20 Å². The van der Waals surface area contributed by atoms with Gasteiger partial charge < -0.3 is 10.1 Å². The Morgan fingerprint density at radius 1 is 1.60 bits per heavy atom. The van der Waals surface area contributed by atoms with Crippen LogP contribution in [0.2, 0.25) is 5.28 Å². The Bertz CT molecular complexity index is 571. The van der Waals surface area contributed by atoms with Crippen molar-refractivity contribution in [1.29, 1.82) is 0 Å². The Balaban J connectivity index is 2.81. The maximum atomic E-state index is 11.9. The molecule has 0 unspecified atom stereocenters. The van der Waals surface area contributed by atoms with E-state index in [-0.39, 0.29) is 28.3 Å². The van der Waals surface area contributed by atoms with Crippen LogP contribution in [0.1, 0.15) is 0 Å². The standard InChI is InChI=1S/C13H13Cl2N3O2/c1-4-5-9(8(2)14)10(19)7-20-11-6-17-13(15)18-12(11)16-3/h4-6H,1-2,7H2,3H3,(H,16,17,18)/b9-5+. The molecular weight excluding hydrogens is 301 g/mol. The zero-order valence-electron chi connectivity index (χ0n) is 10.8. The van der Waals surface area contributed by atoms with Crippen LogP contribution >= 0.6 is 23.2 Å². The molecule has 1 N–H and O–H groups in total. The number of nitrogens with zero attached hydrogens (tertiary/aromatic N) is 2. The van der Waals surface area contributed by atoms with Gasteiger partial charge in [-0.1, -0.05) is 36.9 Å². The van der Waals surface area contributed by atoms with Crippen molar-refractivity contribution in [2.24, 2.45) is 0 Å². The molecule has 0 aliphatic rings. The fourth-order valence-corrected chi connectivity index (χ4v) is 1.61. The number of ether oxygens (including phenoxy) is 1. The van der Waals surface area contributed by atoms with Crippen molar-refractivity contribution in [2.45, 2.75) is 0 Å². The summed E-state index contributed by atoms with van der Waals surface area (Å²) in [7, 11) is 1.65. The topological polar surface area (TPSA) is 64.1 Å². The Hall–Kier alpha value is -1.85. The SMILES string of the molecule is C=C/C=C(\C(=C)Cl)C(=O)COc1cnc(Cl)nc1NC. The molecule has 1 aromatic rings. The minimum atomic E-state index is -0.332. The van der Waals surface area contributed by atoms with Crippen LogP contribution in [0.25, 0.3) is 0 Å². The minimum absolute atomic E-state index is 0.0782. The number of nitrogens with one attached hydrogen (secondary N) is 1. The maximum absolute atomic E-state index is 11.9. The van der Waals surface area contributed by atoms with Crippen LogP contribution in [0.5, 0.6) is 5.75 Å². The summed E-state index contributed by atoms with van der Waals surface area (Å²) >= 11 is 11.4. The number of allylic oxidation sites excluding steroid dienone is 3. The molecule has 5 nitrogen and oxygen atoms in total. The van der Waals surface area contributed by atoms with Crippen molar-refractivity contribution in [3.63, 3.8) is 0 Å². The molecule has 1 aromatic heterocycles. The van der Waals surface area contributed by atoms with Crippen LogP contribution in [0.3, 0.4) is 0 Å². The van der Waals surface area contributed by atoms with Gasteiger partial charge in [-0.3, -0.25) is 4.79 Å². The number of carbonyl (C=O) groups is 1. The first kappa shape index (κ1) is 16.2. The van der Waals surface area contributed by atoms with E-state index >= 15 is 0 Å². The predicted molar refractivity (Wildman–Crippen MR) is 80.4 cm³/mol. The van der Waals surface area contributed by atoms with Crippen molar-refractivity contribution in [2.75, 3.05) is 19.0 Å². The largest absolute Gasteiger partial charge is 0.480 e. The third-order valence-electron chi connectivity index (χ3n) is 2.20. The lowest BCUT2D eigenvalue weighted by molar-refractivity contribution is -0.117. The molecule has 106 valence electrons. The van der Waals surface area contributed by atoms with Crippen LogP contribution in [0.15, 0.2) is 42.1 Å². The molecule has 0 amide bonds. The number of hydrogen-bond acceptors (Lipinski definition) is 5. The average molecular weight is 314 g/mol. The van der Waals surface area contributed by atoms with Gasteiger partial charge in [0.25, 0.3) is 0 Å². The molecule has 0 aliphatic heterocycles. The fraction of sp³-hybridized carbons (Fsp3) is 0.154. The molecular formula is C13H13Cl2N3O2. The van der Waals surface area contributed by atoms with Gasteiger partial charge in [-0.05, 0) is 11.6 Å². The summed E-state index contributed by atoms with van der Waals surface area (Å²) in [6, 6.07) is 0. The highest BCUT2D eigenvalue weighted by atomic mass is 35.5. The van der Waals surface area contributed by atoms with E-state index in [1.54, 1.807) is 7.05 Å². The summed E-state index contributed by atoms with van der Waals surface area (Å²) in [4.78, 5) is 19.6. The van der Waals surface area contributed by atoms with Crippen molar-refractivity contribution < 1.29 is 9.53 Å². The predicted octanol–water partition coefficient (Wildman–Crippen LogP) is 2.98. The van der Waals surface area contributed by atoms with Crippen LogP contribution in [0.4, 0.5) is 5.82 Å². The first-order valence-corrected chi connectivity index (χ1v) is 6.29. The van der Waals surface area contributed by atoms with Crippen LogP contribution in [-0.2, 0) is 4.79 Å². The highest BCUT2D eigenvalue weighted by Crippen LogP contribution is 2.22. The fourth-order valence-electron chi connectivity index (χ4n) is 1.31. The first-order chi connectivity index (χ1) is 9.49. The molecule has 0 radical (unpaired) electrons. The Labute approximate surface area is 127 Å². The highest BCUT2D eigenvalue weighted by Gasteiger charge is 2.14. The molecule has 0 fully saturated rings. The van der Waals surface area contributed by atoms with Crippen molar-refractivity contribution in [3.8, 4) is 5.75 Å². The lowest BCUT2D eigenvalue weighted by Gasteiger charge is -2.10. The Morgan fingerprint density at radius 3 is 2.85 bits per heavy atom. The van der Waals surface area contributed by atoms with Crippen LogP contribution < -0.4 is 10.1 Å². The van der Waals surface area contributed by atoms with Crippen molar-refractivity contribution in [1.82, 2.24) is 9.97 Å². The first-order valence-electron chi connectivity index (χ1n) is 5.53. The summed E-state index contributed by atoms with van der Waals surface area (Å²) in [5.41, 5.74) is 0.238. The van der Waals surface area contributed by atoms with Gasteiger partial charge in [0.15, 0.2) is 18.2 Å². The number of aromatic nitrogens is 2. The van der Waals surface area contributed by atoms with E-state index < -0.39 is 0 Å². The second-order valence-electron chi connectivity index (χ2n) is 3.53. The maximum Gasteiger partial charge on any atom is 0.224 e. The Kier molecular flexibility index (Phi) is 6.21. The molecule has 7 heteroatoms. The molecule has 0 aromatic carbocycles. The van der Waals surface area contributed by atoms with E-state index in [4.69, 9.17) is 27.9 Å². The molecule has 0 aliphatic carbocycles. The summed E-state index contributed by atoms with van der Waals surface area (Å²) in [6.45, 7) is 6.79. The summed E-state index contributed by atoms with van der Waals surface area (Å²) in [5, 5.41) is 2.99. The number of rotatable bonds is 7. The molecule has 0 saturated carbocycles. The van der Waals surface area contributed by atoms with E-state index in [0.717, 1.165) is 0 Å². The third-order valence-corrected chi connectivity index (χ3v) is 2.58. The molecule has 1 heterocycles. The lowest BCUT2D eigenvalue weighted by atomic mass is 10.1. The number of hydrogen-bond donors (Lipinski definition) is 1. The molecule has 0 atom stereocenters. The minimum Gasteiger partial charge on any atom is -0.480 e. The summed E-state index contributed by atoms with van der Waals surface area (Å²) in [6.07, 6.45) is 4.30. The van der Waals surface area contributed by atoms with Gasteiger partial charge >= 0.3 is 0 Å². The summed E-state index contributed by atoms with van der Waals surface area (Å²) < 4.78 is 5.35. The summed E-state index contributed by atoms with van der Waals surface area (Å²) in [5.74, 6) is 0.363. The normalized spacial score (nSPS) is 10.8. The number of ketones is 1. The number of halogens is 2. The van der Waals surface area contributed by atoms with E-state index in [1.807, 2.05) is 0 Å².